The molecule has 7 nitrogen and oxygen atoms in total. The molecule has 1 fully saturated rings. The third-order valence-electron chi connectivity index (χ3n) is 4.80. The first-order valence-electron chi connectivity index (χ1n) is 9.93. The van der Waals surface area contributed by atoms with Gasteiger partial charge >= 0.3 is 0 Å². The summed E-state index contributed by atoms with van der Waals surface area (Å²) in [6.45, 7) is 6.47. The number of rotatable bonds is 10. The Hall–Kier alpha value is -2.22. The number of β-amino-alcohol motifs (C(OH)–C–C–N with tert-alkyl or cyclic N) is 1. The molecule has 2 heterocycles. The number of nitrogens with one attached hydrogen (secondary N) is 1. The van der Waals surface area contributed by atoms with Gasteiger partial charge in [-0.2, -0.15) is 0 Å². The standard InChI is InChI=1S/C21H30N4O3/c1-2-27-13-14-28-19-7-5-18(6-8-19)15-22-16-21(26)9-3-12-25(17-21)20-23-10-4-11-24-20/h4-8,10-11,22,26H,2-3,9,12-17H2,1H3. The number of nitrogens with zero attached hydrogens (tertiary/aromatic N) is 3. The minimum absolute atomic E-state index is 0.531. The summed E-state index contributed by atoms with van der Waals surface area (Å²) in [7, 11) is 0. The fourth-order valence-electron chi connectivity index (χ4n) is 3.39. The van der Waals surface area contributed by atoms with E-state index in [4.69, 9.17) is 9.47 Å². The van der Waals surface area contributed by atoms with Crippen LogP contribution in [0.3, 0.4) is 0 Å². The van der Waals surface area contributed by atoms with Gasteiger partial charge in [0.05, 0.1) is 18.8 Å². The third kappa shape index (κ3) is 6.15. The number of anilines is 1. The number of benzene rings is 1. The number of aromatic nitrogens is 2. The Morgan fingerprint density at radius 1 is 1.18 bits per heavy atom. The summed E-state index contributed by atoms with van der Waals surface area (Å²) in [6, 6.07) is 9.81. The SMILES string of the molecule is CCOCCOc1ccc(CNCC2(O)CCCN(c3ncccn3)C2)cc1. The maximum Gasteiger partial charge on any atom is 0.225 e. The van der Waals surface area contributed by atoms with Crippen LogP contribution in [0.25, 0.3) is 0 Å². The number of hydrogen-bond acceptors (Lipinski definition) is 7. The molecule has 0 saturated carbocycles. The summed E-state index contributed by atoms with van der Waals surface area (Å²) in [5.74, 6) is 1.52. The molecular formula is C21H30N4O3. The molecule has 2 N–H and O–H groups in total. The van der Waals surface area contributed by atoms with Crippen LogP contribution < -0.4 is 15.0 Å². The van der Waals surface area contributed by atoms with Crippen molar-refractivity contribution in [3.63, 3.8) is 0 Å². The molecule has 1 saturated heterocycles. The summed E-state index contributed by atoms with van der Waals surface area (Å²) >= 11 is 0. The highest BCUT2D eigenvalue weighted by Gasteiger charge is 2.33. The highest BCUT2D eigenvalue weighted by molar-refractivity contribution is 5.31. The van der Waals surface area contributed by atoms with E-state index in [1.165, 1.54) is 0 Å². The number of ether oxygens (including phenoxy) is 2. The molecular weight excluding hydrogens is 356 g/mol. The average molecular weight is 386 g/mol. The van der Waals surface area contributed by atoms with E-state index in [-0.39, 0.29) is 0 Å². The van der Waals surface area contributed by atoms with Gasteiger partial charge in [0.1, 0.15) is 12.4 Å². The van der Waals surface area contributed by atoms with Crippen LogP contribution in [0.15, 0.2) is 42.7 Å². The summed E-state index contributed by atoms with van der Waals surface area (Å²) in [6.07, 6.45) is 5.16. The van der Waals surface area contributed by atoms with Crippen LogP contribution in [0.1, 0.15) is 25.3 Å². The van der Waals surface area contributed by atoms with E-state index in [0.29, 0.717) is 45.4 Å². The second-order valence-corrected chi connectivity index (χ2v) is 7.09. The van der Waals surface area contributed by atoms with E-state index in [0.717, 1.165) is 30.7 Å². The molecule has 0 radical (unpaired) electrons. The largest absolute Gasteiger partial charge is 0.491 e. The van der Waals surface area contributed by atoms with Gasteiger partial charge in [0, 0.05) is 38.6 Å². The summed E-state index contributed by atoms with van der Waals surface area (Å²) in [4.78, 5) is 10.7. The van der Waals surface area contributed by atoms with Crippen molar-refractivity contribution in [1.29, 1.82) is 0 Å². The van der Waals surface area contributed by atoms with Gasteiger partial charge in [-0.15, -0.1) is 0 Å². The molecule has 1 atom stereocenters. The maximum atomic E-state index is 11.0. The zero-order chi connectivity index (χ0) is 19.7. The van der Waals surface area contributed by atoms with Gasteiger partial charge in [0.25, 0.3) is 0 Å². The predicted octanol–water partition coefficient (Wildman–Crippen LogP) is 2.01. The van der Waals surface area contributed by atoms with Gasteiger partial charge in [-0.25, -0.2) is 9.97 Å². The van der Waals surface area contributed by atoms with E-state index in [1.54, 1.807) is 18.5 Å². The van der Waals surface area contributed by atoms with Gasteiger partial charge in [0.15, 0.2) is 0 Å². The van der Waals surface area contributed by atoms with Crippen molar-refractivity contribution in [2.24, 2.45) is 0 Å². The topological polar surface area (TPSA) is 79.7 Å². The zero-order valence-electron chi connectivity index (χ0n) is 16.5. The van der Waals surface area contributed by atoms with Crippen molar-refractivity contribution >= 4 is 5.95 Å². The average Bonchev–Trinajstić information content (AvgIpc) is 2.73. The van der Waals surface area contributed by atoms with Crippen molar-refractivity contribution in [2.75, 3.05) is 44.4 Å². The van der Waals surface area contributed by atoms with E-state index < -0.39 is 5.60 Å². The predicted molar refractivity (Wildman–Crippen MR) is 109 cm³/mol. The first kappa shape index (κ1) is 20.5. The van der Waals surface area contributed by atoms with Crippen LogP contribution in [0.5, 0.6) is 5.75 Å². The van der Waals surface area contributed by atoms with E-state index >= 15 is 0 Å². The van der Waals surface area contributed by atoms with Crippen LogP contribution in [-0.2, 0) is 11.3 Å². The summed E-state index contributed by atoms with van der Waals surface area (Å²) in [5.41, 5.74) is 0.375. The summed E-state index contributed by atoms with van der Waals surface area (Å²) < 4.78 is 10.9. The Balaban J connectivity index is 1.43. The zero-order valence-corrected chi connectivity index (χ0v) is 16.5. The lowest BCUT2D eigenvalue weighted by Gasteiger charge is -2.39. The molecule has 0 aliphatic carbocycles. The smallest absolute Gasteiger partial charge is 0.225 e. The van der Waals surface area contributed by atoms with Gasteiger partial charge in [-0.3, -0.25) is 0 Å². The van der Waals surface area contributed by atoms with Crippen molar-refractivity contribution in [1.82, 2.24) is 15.3 Å². The van der Waals surface area contributed by atoms with Crippen LogP contribution in [0, 0.1) is 0 Å². The molecule has 1 aromatic heterocycles. The molecule has 7 heteroatoms. The van der Waals surface area contributed by atoms with Crippen molar-refractivity contribution < 1.29 is 14.6 Å². The Morgan fingerprint density at radius 2 is 1.96 bits per heavy atom. The Bertz CT molecular complexity index is 699. The van der Waals surface area contributed by atoms with Crippen molar-refractivity contribution in [3.05, 3.63) is 48.3 Å². The molecule has 1 unspecified atom stereocenters. The maximum absolute atomic E-state index is 11.0. The van der Waals surface area contributed by atoms with Crippen LogP contribution in [-0.4, -0.2) is 60.1 Å². The normalized spacial score (nSPS) is 19.6. The fraction of sp³-hybridized carbons (Fsp3) is 0.524. The Kier molecular flexibility index (Phi) is 7.59. The van der Waals surface area contributed by atoms with Crippen LogP contribution in [0.4, 0.5) is 5.95 Å². The molecule has 0 bridgehead atoms. The fourth-order valence-corrected chi connectivity index (χ4v) is 3.39. The summed E-state index contributed by atoms with van der Waals surface area (Å²) in [5, 5.41) is 14.4. The molecule has 1 aliphatic heterocycles. The minimum Gasteiger partial charge on any atom is -0.491 e. The van der Waals surface area contributed by atoms with Gasteiger partial charge in [0.2, 0.25) is 5.95 Å². The van der Waals surface area contributed by atoms with Crippen molar-refractivity contribution in [3.8, 4) is 5.75 Å². The minimum atomic E-state index is -0.778. The number of aliphatic hydroxyl groups is 1. The van der Waals surface area contributed by atoms with E-state index in [1.807, 2.05) is 31.2 Å². The highest BCUT2D eigenvalue weighted by Crippen LogP contribution is 2.23. The van der Waals surface area contributed by atoms with E-state index in [2.05, 4.69) is 20.2 Å². The number of piperidine rings is 1. The molecule has 152 valence electrons. The van der Waals surface area contributed by atoms with Crippen molar-refractivity contribution in [2.45, 2.75) is 31.9 Å². The monoisotopic (exact) mass is 386 g/mol. The van der Waals surface area contributed by atoms with Gasteiger partial charge in [-0.05, 0) is 43.5 Å². The molecule has 0 spiro atoms. The molecule has 2 aromatic rings. The third-order valence-corrected chi connectivity index (χ3v) is 4.80. The molecule has 1 aromatic carbocycles. The van der Waals surface area contributed by atoms with Gasteiger partial charge in [-0.1, -0.05) is 12.1 Å². The number of hydrogen-bond donors (Lipinski definition) is 2. The second-order valence-electron chi connectivity index (χ2n) is 7.09. The van der Waals surface area contributed by atoms with E-state index in [9.17, 15) is 5.11 Å². The lowest BCUT2D eigenvalue weighted by Crippen LogP contribution is -2.53. The molecule has 3 rings (SSSR count). The molecule has 28 heavy (non-hydrogen) atoms. The Labute approximate surface area is 166 Å². The quantitative estimate of drug-likeness (QED) is 0.605. The second kappa shape index (κ2) is 10.4. The van der Waals surface area contributed by atoms with Gasteiger partial charge < -0.3 is 24.8 Å². The Morgan fingerprint density at radius 3 is 2.71 bits per heavy atom. The lowest BCUT2D eigenvalue weighted by molar-refractivity contribution is 0.0256. The van der Waals surface area contributed by atoms with Crippen LogP contribution >= 0.6 is 0 Å². The molecule has 1 aliphatic rings. The first-order chi connectivity index (χ1) is 13.7. The lowest BCUT2D eigenvalue weighted by atomic mass is 9.93. The van der Waals surface area contributed by atoms with Crippen LogP contribution in [0.2, 0.25) is 0 Å². The molecule has 0 amide bonds. The first-order valence-corrected chi connectivity index (χ1v) is 9.93. The highest BCUT2D eigenvalue weighted by atomic mass is 16.5.